The van der Waals surface area contributed by atoms with Gasteiger partial charge < -0.3 is 14.2 Å². The number of carbonyl (C=O) groups excluding carboxylic acids is 1. The lowest BCUT2D eigenvalue weighted by Crippen LogP contribution is -2.21. The normalized spacial score (nSPS) is 10.7. The van der Waals surface area contributed by atoms with Gasteiger partial charge in [-0.2, -0.15) is 0 Å². The van der Waals surface area contributed by atoms with Crippen LogP contribution in [0.25, 0.3) is 11.5 Å². The van der Waals surface area contributed by atoms with E-state index < -0.39 is 0 Å². The SMILES string of the molecule is Cc1nc(-c2ccc(C(=O)NCc3ccco3)o2)cs1. The Bertz CT molecular complexity index is 712. The summed E-state index contributed by atoms with van der Waals surface area (Å²) in [5.74, 6) is 1.27. The minimum Gasteiger partial charge on any atom is -0.467 e. The quantitative estimate of drug-likeness (QED) is 0.800. The van der Waals surface area contributed by atoms with E-state index >= 15 is 0 Å². The van der Waals surface area contributed by atoms with Crippen LogP contribution in [0.15, 0.2) is 44.7 Å². The Morgan fingerprint density at radius 2 is 2.30 bits per heavy atom. The van der Waals surface area contributed by atoms with Gasteiger partial charge in [0.15, 0.2) is 11.5 Å². The first-order chi connectivity index (χ1) is 9.72. The zero-order chi connectivity index (χ0) is 13.9. The number of aryl methyl sites for hydroxylation is 1. The maximum atomic E-state index is 11.9. The van der Waals surface area contributed by atoms with Crippen molar-refractivity contribution in [3.63, 3.8) is 0 Å². The molecule has 0 aliphatic carbocycles. The minimum absolute atomic E-state index is 0.261. The molecule has 3 aromatic rings. The van der Waals surface area contributed by atoms with Crippen molar-refractivity contribution in [3.05, 3.63) is 52.4 Å². The van der Waals surface area contributed by atoms with Crippen LogP contribution in [0.1, 0.15) is 21.3 Å². The molecule has 0 radical (unpaired) electrons. The van der Waals surface area contributed by atoms with Crippen molar-refractivity contribution >= 4 is 17.2 Å². The van der Waals surface area contributed by atoms with Gasteiger partial charge in [-0.05, 0) is 31.2 Å². The molecule has 102 valence electrons. The monoisotopic (exact) mass is 288 g/mol. The summed E-state index contributed by atoms with van der Waals surface area (Å²) >= 11 is 1.54. The van der Waals surface area contributed by atoms with Gasteiger partial charge in [-0.1, -0.05) is 0 Å². The van der Waals surface area contributed by atoms with Gasteiger partial charge in [0.25, 0.3) is 5.91 Å². The van der Waals surface area contributed by atoms with Crippen LogP contribution in [-0.4, -0.2) is 10.9 Å². The first-order valence-electron chi connectivity index (χ1n) is 6.05. The van der Waals surface area contributed by atoms with Crippen LogP contribution in [-0.2, 0) is 6.54 Å². The molecule has 0 bridgehead atoms. The average molecular weight is 288 g/mol. The van der Waals surface area contributed by atoms with Crippen molar-refractivity contribution in [3.8, 4) is 11.5 Å². The number of rotatable bonds is 4. The molecule has 1 amide bonds. The molecule has 0 saturated carbocycles. The molecule has 0 spiro atoms. The van der Waals surface area contributed by atoms with Gasteiger partial charge in [-0.15, -0.1) is 11.3 Å². The molecule has 1 N–H and O–H groups in total. The van der Waals surface area contributed by atoms with E-state index in [1.807, 2.05) is 12.3 Å². The number of hydrogen-bond donors (Lipinski definition) is 1. The fourth-order valence-electron chi connectivity index (χ4n) is 1.74. The van der Waals surface area contributed by atoms with Gasteiger partial charge >= 0.3 is 0 Å². The molecule has 0 fully saturated rings. The summed E-state index contributed by atoms with van der Waals surface area (Å²) in [4.78, 5) is 16.2. The Labute approximate surface area is 119 Å². The first-order valence-corrected chi connectivity index (χ1v) is 6.93. The molecule has 0 aliphatic heterocycles. The fourth-order valence-corrected chi connectivity index (χ4v) is 2.34. The Morgan fingerprint density at radius 3 is 3.00 bits per heavy atom. The third-order valence-electron chi connectivity index (χ3n) is 2.70. The molecular weight excluding hydrogens is 276 g/mol. The second-order valence-electron chi connectivity index (χ2n) is 4.18. The standard InChI is InChI=1S/C14H12N2O3S/c1-9-16-11(8-20-9)12-4-5-13(19-12)14(17)15-7-10-3-2-6-18-10/h2-6,8H,7H2,1H3,(H,15,17). The lowest BCUT2D eigenvalue weighted by atomic mass is 10.3. The zero-order valence-electron chi connectivity index (χ0n) is 10.8. The lowest BCUT2D eigenvalue weighted by molar-refractivity contribution is 0.0921. The minimum atomic E-state index is -0.278. The van der Waals surface area contributed by atoms with Gasteiger partial charge in [-0.3, -0.25) is 4.79 Å². The van der Waals surface area contributed by atoms with E-state index in [2.05, 4.69) is 10.3 Å². The van der Waals surface area contributed by atoms with E-state index in [0.717, 1.165) is 10.7 Å². The van der Waals surface area contributed by atoms with Crippen molar-refractivity contribution in [1.29, 1.82) is 0 Å². The van der Waals surface area contributed by atoms with Crippen molar-refractivity contribution in [2.75, 3.05) is 0 Å². The maximum Gasteiger partial charge on any atom is 0.287 e. The summed E-state index contributed by atoms with van der Waals surface area (Å²) in [6, 6.07) is 6.96. The third kappa shape index (κ3) is 2.65. The van der Waals surface area contributed by atoms with Crippen molar-refractivity contribution < 1.29 is 13.6 Å². The van der Waals surface area contributed by atoms with Crippen molar-refractivity contribution in [2.24, 2.45) is 0 Å². The summed E-state index contributed by atoms with van der Waals surface area (Å²) in [6.07, 6.45) is 1.57. The van der Waals surface area contributed by atoms with Gasteiger partial charge in [0.1, 0.15) is 11.5 Å². The zero-order valence-corrected chi connectivity index (χ0v) is 11.6. The molecule has 5 nitrogen and oxygen atoms in total. The molecule has 20 heavy (non-hydrogen) atoms. The van der Waals surface area contributed by atoms with Crippen LogP contribution >= 0.6 is 11.3 Å². The molecule has 6 heteroatoms. The van der Waals surface area contributed by atoms with Crippen LogP contribution in [0.3, 0.4) is 0 Å². The predicted molar refractivity (Wildman–Crippen MR) is 74.4 cm³/mol. The van der Waals surface area contributed by atoms with Crippen LogP contribution in [0, 0.1) is 6.92 Å². The summed E-state index contributed by atoms with van der Waals surface area (Å²) in [5.41, 5.74) is 0.748. The van der Waals surface area contributed by atoms with E-state index in [-0.39, 0.29) is 11.7 Å². The number of nitrogens with one attached hydrogen (secondary N) is 1. The second-order valence-corrected chi connectivity index (χ2v) is 5.24. The summed E-state index contributed by atoms with van der Waals surface area (Å²) in [7, 11) is 0. The highest BCUT2D eigenvalue weighted by Gasteiger charge is 2.13. The van der Waals surface area contributed by atoms with E-state index in [1.54, 1.807) is 41.9 Å². The number of hydrogen-bond acceptors (Lipinski definition) is 5. The second kappa shape index (κ2) is 5.34. The number of thiazole rings is 1. The predicted octanol–water partition coefficient (Wildman–Crippen LogP) is 3.23. The fraction of sp³-hybridized carbons (Fsp3) is 0.143. The van der Waals surface area contributed by atoms with Crippen molar-refractivity contribution in [1.82, 2.24) is 10.3 Å². The largest absolute Gasteiger partial charge is 0.467 e. The summed E-state index contributed by atoms with van der Waals surface area (Å²) < 4.78 is 10.7. The van der Waals surface area contributed by atoms with Gasteiger partial charge in [-0.25, -0.2) is 4.98 Å². The van der Waals surface area contributed by atoms with Crippen LogP contribution in [0.2, 0.25) is 0 Å². The number of furan rings is 2. The maximum absolute atomic E-state index is 11.9. The van der Waals surface area contributed by atoms with Crippen LogP contribution < -0.4 is 5.32 Å². The van der Waals surface area contributed by atoms with Gasteiger partial charge in [0.05, 0.1) is 17.8 Å². The Kier molecular flexibility index (Phi) is 3.39. The number of nitrogens with zero attached hydrogens (tertiary/aromatic N) is 1. The van der Waals surface area contributed by atoms with Crippen molar-refractivity contribution in [2.45, 2.75) is 13.5 Å². The van der Waals surface area contributed by atoms with E-state index in [0.29, 0.717) is 18.1 Å². The smallest absolute Gasteiger partial charge is 0.287 e. The summed E-state index contributed by atoms with van der Waals surface area (Å²) in [5, 5.41) is 5.59. The molecule has 0 unspecified atom stereocenters. The number of amides is 1. The topological polar surface area (TPSA) is 68.3 Å². The van der Waals surface area contributed by atoms with E-state index in [4.69, 9.17) is 8.83 Å². The molecular formula is C14H12N2O3S. The summed E-state index contributed by atoms with van der Waals surface area (Å²) in [6.45, 7) is 2.26. The Morgan fingerprint density at radius 1 is 1.40 bits per heavy atom. The number of aromatic nitrogens is 1. The molecule has 3 heterocycles. The van der Waals surface area contributed by atoms with Crippen LogP contribution in [0.5, 0.6) is 0 Å². The molecule has 0 aliphatic rings. The Balaban J connectivity index is 1.68. The molecule has 0 aromatic carbocycles. The highest BCUT2D eigenvalue weighted by atomic mass is 32.1. The van der Waals surface area contributed by atoms with Crippen LogP contribution in [0.4, 0.5) is 0 Å². The molecule has 0 atom stereocenters. The third-order valence-corrected chi connectivity index (χ3v) is 3.48. The average Bonchev–Trinajstić information content (AvgIpc) is 3.16. The first kappa shape index (κ1) is 12.7. The Hall–Kier alpha value is -2.34. The molecule has 0 saturated heterocycles. The molecule has 3 rings (SSSR count). The number of carbonyl (C=O) groups is 1. The van der Waals surface area contributed by atoms with Gasteiger partial charge in [0.2, 0.25) is 0 Å². The highest BCUT2D eigenvalue weighted by Crippen LogP contribution is 2.23. The van der Waals surface area contributed by atoms with Gasteiger partial charge in [0, 0.05) is 5.38 Å². The lowest BCUT2D eigenvalue weighted by Gasteiger charge is -1.99. The van der Waals surface area contributed by atoms with E-state index in [9.17, 15) is 4.79 Å². The highest BCUT2D eigenvalue weighted by molar-refractivity contribution is 7.09. The molecule has 3 aromatic heterocycles. The van der Waals surface area contributed by atoms with E-state index in [1.165, 1.54) is 0 Å².